The minimum Gasteiger partial charge on any atom is -0.493 e. The zero-order valence-electron chi connectivity index (χ0n) is 15.7. The highest BCUT2D eigenvalue weighted by atomic mass is 16.6. The van der Waals surface area contributed by atoms with Crippen LogP contribution in [0.15, 0.2) is 42.5 Å². The van der Waals surface area contributed by atoms with E-state index in [1.165, 1.54) is 0 Å². The van der Waals surface area contributed by atoms with E-state index in [2.05, 4.69) is 25.1 Å². The van der Waals surface area contributed by atoms with Crippen LogP contribution in [0.5, 0.6) is 17.2 Å². The van der Waals surface area contributed by atoms with E-state index in [0.717, 1.165) is 54.4 Å². The summed E-state index contributed by atoms with van der Waals surface area (Å²) in [6.45, 7) is 5.64. The van der Waals surface area contributed by atoms with Gasteiger partial charge in [0.2, 0.25) is 0 Å². The molecule has 2 aromatic carbocycles. The molecule has 2 fully saturated rings. The van der Waals surface area contributed by atoms with Crippen LogP contribution in [0.25, 0.3) is 11.1 Å². The fraction of sp³-hybridized carbons (Fsp3) is 0.455. The Bertz CT molecular complexity index is 735. The fourth-order valence-corrected chi connectivity index (χ4v) is 2.69. The van der Waals surface area contributed by atoms with Gasteiger partial charge >= 0.3 is 0 Å². The van der Waals surface area contributed by atoms with Crippen LogP contribution in [0.3, 0.4) is 0 Å². The Morgan fingerprint density at radius 1 is 0.778 bits per heavy atom. The highest BCUT2D eigenvalue weighted by Crippen LogP contribution is 2.31. The summed E-state index contributed by atoms with van der Waals surface area (Å²) in [6, 6.07) is 14.1. The molecule has 4 rings (SSSR count). The van der Waals surface area contributed by atoms with Crippen molar-refractivity contribution < 1.29 is 23.7 Å². The molecule has 0 spiro atoms. The summed E-state index contributed by atoms with van der Waals surface area (Å²) in [4.78, 5) is 0. The van der Waals surface area contributed by atoms with Crippen molar-refractivity contribution in [2.75, 3.05) is 33.0 Å². The van der Waals surface area contributed by atoms with Crippen LogP contribution in [-0.2, 0) is 9.47 Å². The Balaban J connectivity index is 1.47. The summed E-state index contributed by atoms with van der Waals surface area (Å²) in [7, 11) is 0. The lowest BCUT2D eigenvalue weighted by molar-refractivity contribution is 0.260. The van der Waals surface area contributed by atoms with E-state index >= 15 is 0 Å². The third-order valence-electron chi connectivity index (χ3n) is 4.51. The van der Waals surface area contributed by atoms with E-state index in [9.17, 15) is 0 Å². The molecular weight excluding hydrogens is 344 g/mol. The van der Waals surface area contributed by atoms with E-state index in [4.69, 9.17) is 23.7 Å². The topological polar surface area (TPSA) is 52.8 Å². The first-order valence-electron chi connectivity index (χ1n) is 9.67. The second kappa shape index (κ2) is 8.63. The van der Waals surface area contributed by atoms with Crippen LogP contribution < -0.4 is 14.2 Å². The first-order chi connectivity index (χ1) is 13.3. The molecule has 0 radical (unpaired) electrons. The van der Waals surface area contributed by atoms with Crippen molar-refractivity contribution in [3.63, 3.8) is 0 Å². The van der Waals surface area contributed by atoms with Gasteiger partial charge in [0.25, 0.3) is 0 Å². The summed E-state index contributed by atoms with van der Waals surface area (Å²) >= 11 is 0. The van der Waals surface area contributed by atoms with Crippen LogP contribution in [0.1, 0.15) is 19.8 Å². The molecular formula is C22H26O5. The second-order valence-electron chi connectivity index (χ2n) is 6.95. The molecule has 0 aromatic heterocycles. The van der Waals surface area contributed by atoms with Crippen molar-refractivity contribution in [3.05, 3.63) is 42.5 Å². The van der Waals surface area contributed by atoms with E-state index in [-0.39, 0.29) is 12.2 Å². The molecule has 2 unspecified atom stereocenters. The van der Waals surface area contributed by atoms with Crippen LogP contribution in [-0.4, -0.2) is 45.2 Å². The molecule has 5 nitrogen and oxygen atoms in total. The van der Waals surface area contributed by atoms with Crippen LogP contribution >= 0.6 is 0 Å². The van der Waals surface area contributed by atoms with Gasteiger partial charge in [0.1, 0.15) is 42.7 Å². The summed E-state index contributed by atoms with van der Waals surface area (Å²) in [5.74, 6) is 2.49. The zero-order valence-corrected chi connectivity index (χ0v) is 15.7. The molecule has 0 saturated carbocycles. The summed E-state index contributed by atoms with van der Waals surface area (Å²) in [6.07, 6.45) is 2.63. The number of ether oxygens (including phenoxy) is 5. The quantitative estimate of drug-likeness (QED) is 0.440. The Morgan fingerprint density at radius 2 is 1.37 bits per heavy atom. The van der Waals surface area contributed by atoms with E-state index in [0.29, 0.717) is 19.8 Å². The monoisotopic (exact) mass is 370 g/mol. The average Bonchev–Trinajstić information content (AvgIpc) is 3.60. The Labute approximate surface area is 160 Å². The number of rotatable bonds is 11. The van der Waals surface area contributed by atoms with Gasteiger partial charge < -0.3 is 23.7 Å². The molecule has 0 N–H and O–H groups in total. The van der Waals surface area contributed by atoms with Crippen LogP contribution in [0.2, 0.25) is 0 Å². The number of benzene rings is 2. The van der Waals surface area contributed by atoms with Gasteiger partial charge in [0, 0.05) is 6.07 Å². The molecule has 0 bridgehead atoms. The van der Waals surface area contributed by atoms with Gasteiger partial charge in [-0.1, -0.05) is 25.5 Å². The molecule has 5 heteroatoms. The lowest BCUT2D eigenvalue weighted by Crippen LogP contribution is -2.05. The fourth-order valence-electron chi connectivity index (χ4n) is 2.69. The van der Waals surface area contributed by atoms with Gasteiger partial charge in [-0.3, -0.25) is 0 Å². The smallest absolute Gasteiger partial charge is 0.123 e. The molecule has 2 aliphatic heterocycles. The molecule has 2 saturated heterocycles. The van der Waals surface area contributed by atoms with Crippen molar-refractivity contribution in [1.82, 2.24) is 0 Å². The van der Waals surface area contributed by atoms with Gasteiger partial charge in [0.15, 0.2) is 0 Å². The Morgan fingerprint density at radius 3 is 1.96 bits per heavy atom. The summed E-state index contributed by atoms with van der Waals surface area (Å²) in [5, 5.41) is 0. The average molecular weight is 370 g/mol. The SMILES string of the molecule is CCCCOc1cc(OCC2CO2)cc(-c2ccc(OCC3CO3)cc2)c1. The van der Waals surface area contributed by atoms with Gasteiger partial charge in [-0.25, -0.2) is 0 Å². The van der Waals surface area contributed by atoms with Gasteiger partial charge in [-0.2, -0.15) is 0 Å². The van der Waals surface area contributed by atoms with Crippen molar-refractivity contribution in [1.29, 1.82) is 0 Å². The summed E-state index contributed by atoms with van der Waals surface area (Å²) < 4.78 is 27.9. The number of hydrogen-bond donors (Lipinski definition) is 0. The maximum Gasteiger partial charge on any atom is 0.123 e. The maximum atomic E-state index is 5.92. The Kier molecular flexibility index (Phi) is 5.80. The van der Waals surface area contributed by atoms with Gasteiger partial charge in [-0.05, 0) is 41.8 Å². The van der Waals surface area contributed by atoms with Crippen molar-refractivity contribution in [3.8, 4) is 28.4 Å². The zero-order chi connectivity index (χ0) is 18.5. The number of hydrogen-bond acceptors (Lipinski definition) is 5. The molecule has 2 atom stereocenters. The standard InChI is InChI=1S/C22H26O5/c1-2-3-8-23-19-9-17(10-20(11-19)25-13-22-15-27-22)16-4-6-18(7-5-16)24-12-21-14-26-21/h4-7,9-11,21-22H,2-3,8,12-15H2,1H3. The summed E-state index contributed by atoms with van der Waals surface area (Å²) in [5.41, 5.74) is 2.16. The molecule has 2 aromatic rings. The van der Waals surface area contributed by atoms with Crippen molar-refractivity contribution >= 4 is 0 Å². The van der Waals surface area contributed by atoms with E-state index in [1.54, 1.807) is 0 Å². The molecule has 0 amide bonds. The minimum atomic E-state index is 0.227. The Hall–Kier alpha value is -2.24. The molecule has 0 aliphatic carbocycles. The first kappa shape index (κ1) is 18.1. The molecule has 2 heterocycles. The van der Waals surface area contributed by atoms with Crippen LogP contribution in [0, 0.1) is 0 Å². The maximum absolute atomic E-state index is 5.92. The van der Waals surface area contributed by atoms with E-state index < -0.39 is 0 Å². The largest absolute Gasteiger partial charge is 0.493 e. The van der Waals surface area contributed by atoms with Crippen molar-refractivity contribution in [2.45, 2.75) is 32.0 Å². The number of epoxide rings is 2. The molecule has 2 aliphatic rings. The highest BCUT2D eigenvalue weighted by molar-refractivity contribution is 5.68. The predicted molar refractivity (Wildman–Crippen MR) is 103 cm³/mol. The predicted octanol–water partition coefficient (Wildman–Crippen LogP) is 4.09. The molecule has 27 heavy (non-hydrogen) atoms. The lowest BCUT2D eigenvalue weighted by atomic mass is 10.0. The third kappa shape index (κ3) is 5.62. The van der Waals surface area contributed by atoms with Gasteiger partial charge in [0.05, 0.1) is 19.8 Å². The lowest BCUT2D eigenvalue weighted by Gasteiger charge is -2.13. The second-order valence-corrected chi connectivity index (χ2v) is 6.95. The van der Waals surface area contributed by atoms with Crippen molar-refractivity contribution in [2.24, 2.45) is 0 Å². The molecule has 144 valence electrons. The number of unbranched alkanes of at least 4 members (excludes halogenated alkanes) is 1. The first-order valence-corrected chi connectivity index (χ1v) is 9.67. The third-order valence-corrected chi connectivity index (χ3v) is 4.51. The highest BCUT2D eigenvalue weighted by Gasteiger charge is 2.24. The van der Waals surface area contributed by atoms with Gasteiger partial charge in [-0.15, -0.1) is 0 Å². The minimum absolute atomic E-state index is 0.227. The van der Waals surface area contributed by atoms with E-state index in [1.807, 2.05) is 24.3 Å². The normalized spacial score (nSPS) is 20.2. The van der Waals surface area contributed by atoms with Crippen LogP contribution in [0.4, 0.5) is 0 Å².